The second-order valence-corrected chi connectivity index (χ2v) is 10.5. The van der Waals surface area contributed by atoms with Gasteiger partial charge in [0, 0.05) is 54.3 Å². The smallest absolute Gasteiger partial charge is 0.321 e. The summed E-state index contributed by atoms with van der Waals surface area (Å²) < 4.78 is 5.36. The molecule has 2 aromatic carbocycles. The second kappa shape index (κ2) is 11.6. The highest BCUT2D eigenvalue weighted by Crippen LogP contribution is 2.35. The van der Waals surface area contributed by atoms with E-state index < -0.39 is 0 Å². The molecule has 1 aliphatic heterocycles. The lowest BCUT2D eigenvalue weighted by Crippen LogP contribution is -2.45. The number of ether oxygens (including phenoxy) is 1. The van der Waals surface area contributed by atoms with Crippen LogP contribution < -0.4 is 20.3 Å². The first-order chi connectivity index (χ1) is 18.4. The Morgan fingerprint density at radius 3 is 2.74 bits per heavy atom. The molecule has 0 unspecified atom stereocenters. The number of benzene rings is 2. The van der Waals surface area contributed by atoms with Crippen molar-refractivity contribution in [2.24, 2.45) is 0 Å². The van der Waals surface area contributed by atoms with Gasteiger partial charge in [-0.3, -0.25) is 19.6 Å². The van der Waals surface area contributed by atoms with Crippen molar-refractivity contribution in [2.75, 3.05) is 37.5 Å². The first kappa shape index (κ1) is 26.3. The van der Waals surface area contributed by atoms with Crippen LogP contribution in [0.5, 0.6) is 5.75 Å². The number of nitrogens with zero attached hydrogens (tertiary/aromatic N) is 3. The van der Waals surface area contributed by atoms with E-state index in [0.717, 1.165) is 53.5 Å². The van der Waals surface area contributed by atoms with E-state index in [1.807, 2.05) is 31.3 Å². The number of hydrogen-bond acceptors (Lipinski definition) is 5. The molecule has 0 saturated heterocycles. The molecular formula is C29H34ClN5O3. The average Bonchev–Trinajstić information content (AvgIpc) is 2.92. The highest BCUT2D eigenvalue weighted by atomic mass is 35.5. The SMILES string of the molecule is COc1ccc(Cl)cc1NC(=O)CN1CCc2nc3ccccc3c(N(C)C(=O)NC3CCCCC3)c2C1. The molecule has 1 aromatic heterocycles. The Morgan fingerprint density at radius 2 is 1.95 bits per heavy atom. The van der Waals surface area contributed by atoms with E-state index in [4.69, 9.17) is 21.3 Å². The molecule has 0 radical (unpaired) electrons. The minimum atomic E-state index is -0.160. The van der Waals surface area contributed by atoms with Crippen LogP contribution >= 0.6 is 11.6 Å². The van der Waals surface area contributed by atoms with Crippen molar-refractivity contribution in [2.45, 2.75) is 51.1 Å². The van der Waals surface area contributed by atoms with E-state index in [1.165, 1.54) is 6.42 Å². The van der Waals surface area contributed by atoms with Crippen LogP contribution in [-0.4, -0.2) is 55.1 Å². The fraction of sp³-hybridized carbons (Fsp3) is 0.414. The molecule has 8 nitrogen and oxygen atoms in total. The van der Waals surface area contributed by atoms with Gasteiger partial charge in [-0.2, -0.15) is 0 Å². The maximum Gasteiger partial charge on any atom is 0.321 e. The zero-order valence-corrected chi connectivity index (χ0v) is 22.7. The third-order valence-corrected chi connectivity index (χ3v) is 7.71. The van der Waals surface area contributed by atoms with Gasteiger partial charge < -0.3 is 15.4 Å². The molecule has 0 spiro atoms. The Kier molecular flexibility index (Phi) is 8.00. The number of carbonyl (C=O) groups is 2. The molecular weight excluding hydrogens is 502 g/mol. The normalized spacial score (nSPS) is 16.1. The van der Waals surface area contributed by atoms with Crippen molar-refractivity contribution < 1.29 is 14.3 Å². The third kappa shape index (κ3) is 5.71. The first-order valence-corrected chi connectivity index (χ1v) is 13.6. The summed E-state index contributed by atoms with van der Waals surface area (Å²) in [7, 11) is 3.39. The highest BCUT2D eigenvalue weighted by Gasteiger charge is 2.28. The van der Waals surface area contributed by atoms with Crippen molar-refractivity contribution in [3.63, 3.8) is 0 Å². The van der Waals surface area contributed by atoms with Gasteiger partial charge in [-0.15, -0.1) is 0 Å². The summed E-state index contributed by atoms with van der Waals surface area (Å²) in [6.07, 6.45) is 6.28. The van der Waals surface area contributed by atoms with E-state index in [2.05, 4.69) is 15.5 Å². The van der Waals surface area contributed by atoms with Gasteiger partial charge in [-0.05, 0) is 37.1 Å². The van der Waals surface area contributed by atoms with Gasteiger partial charge in [-0.25, -0.2) is 4.79 Å². The summed E-state index contributed by atoms with van der Waals surface area (Å²) >= 11 is 6.13. The number of urea groups is 1. The number of methoxy groups -OCH3 is 1. The number of amides is 3. The van der Waals surface area contributed by atoms with E-state index in [1.54, 1.807) is 30.2 Å². The molecule has 1 aliphatic carbocycles. The van der Waals surface area contributed by atoms with Gasteiger partial charge in [0.2, 0.25) is 5.91 Å². The standard InChI is InChI=1S/C29H34ClN5O3/c1-34(29(37)31-20-8-4-3-5-9-20)28-21-10-6-7-11-23(21)32-24-14-15-35(17-22(24)28)18-27(36)33-25-16-19(30)12-13-26(25)38-2/h6-7,10-13,16,20H,3-5,8-9,14-15,17-18H2,1-2H3,(H,31,37)(H,33,36). The molecule has 1 saturated carbocycles. The van der Waals surface area contributed by atoms with Crippen molar-refractivity contribution in [1.82, 2.24) is 15.2 Å². The summed E-state index contributed by atoms with van der Waals surface area (Å²) in [5, 5.41) is 7.62. The monoisotopic (exact) mass is 535 g/mol. The first-order valence-electron chi connectivity index (χ1n) is 13.2. The average molecular weight is 536 g/mol. The Labute approximate surface area is 228 Å². The fourth-order valence-electron chi connectivity index (χ4n) is 5.53. The third-order valence-electron chi connectivity index (χ3n) is 7.47. The number of rotatable bonds is 6. The van der Waals surface area contributed by atoms with Crippen molar-refractivity contribution in [3.8, 4) is 5.75 Å². The van der Waals surface area contributed by atoms with Gasteiger partial charge in [0.25, 0.3) is 0 Å². The van der Waals surface area contributed by atoms with Gasteiger partial charge in [0.05, 0.1) is 30.5 Å². The highest BCUT2D eigenvalue weighted by molar-refractivity contribution is 6.31. The molecule has 3 aromatic rings. The quantitative estimate of drug-likeness (QED) is 0.443. The molecule has 2 N–H and O–H groups in total. The summed E-state index contributed by atoms with van der Waals surface area (Å²) in [5.74, 6) is 0.392. The summed E-state index contributed by atoms with van der Waals surface area (Å²) in [6.45, 7) is 1.40. The molecule has 2 heterocycles. The van der Waals surface area contributed by atoms with Crippen LogP contribution in [0.3, 0.4) is 0 Å². The number of para-hydroxylation sites is 1. The maximum absolute atomic E-state index is 13.4. The molecule has 1 fully saturated rings. The Bertz CT molecular complexity index is 1340. The van der Waals surface area contributed by atoms with E-state index >= 15 is 0 Å². The van der Waals surface area contributed by atoms with Crippen molar-refractivity contribution in [1.29, 1.82) is 0 Å². The van der Waals surface area contributed by atoms with Crippen molar-refractivity contribution >= 4 is 45.8 Å². The molecule has 38 heavy (non-hydrogen) atoms. The van der Waals surface area contributed by atoms with E-state index in [-0.39, 0.29) is 24.5 Å². The Hall–Kier alpha value is -3.36. The van der Waals surface area contributed by atoms with Crippen LogP contribution in [0.25, 0.3) is 10.9 Å². The molecule has 0 atom stereocenters. The summed E-state index contributed by atoms with van der Waals surface area (Å²) in [6, 6.07) is 13.2. The van der Waals surface area contributed by atoms with E-state index in [9.17, 15) is 9.59 Å². The lowest BCUT2D eigenvalue weighted by atomic mass is 9.95. The topological polar surface area (TPSA) is 86.8 Å². The van der Waals surface area contributed by atoms with Crippen LogP contribution in [0.4, 0.5) is 16.2 Å². The minimum absolute atomic E-state index is 0.0987. The Balaban J connectivity index is 1.38. The number of aromatic nitrogens is 1. The number of pyridine rings is 1. The molecule has 3 amide bonds. The van der Waals surface area contributed by atoms with Crippen LogP contribution in [-0.2, 0) is 17.8 Å². The maximum atomic E-state index is 13.4. The number of hydrogen-bond donors (Lipinski definition) is 2. The molecule has 0 bridgehead atoms. The van der Waals surface area contributed by atoms with Crippen LogP contribution in [0.15, 0.2) is 42.5 Å². The lowest BCUT2D eigenvalue weighted by molar-refractivity contribution is -0.117. The lowest BCUT2D eigenvalue weighted by Gasteiger charge is -2.33. The van der Waals surface area contributed by atoms with Crippen LogP contribution in [0, 0.1) is 0 Å². The van der Waals surface area contributed by atoms with Gasteiger partial charge in [0.15, 0.2) is 0 Å². The van der Waals surface area contributed by atoms with Crippen LogP contribution in [0.1, 0.15) is 43.4 Å². The summed E-state index contributed by atoms with van der Waals surface area (Å²) in [4.78, 5) is 35.1. The van der Waals surface area contributed by atoms with Gasteiger partial charge in [-0.1, -0.05) is 49.1 Å². The largest absolute Gasteiger partial charge is 0.495 e. The summed E-state index contributed by atoms with van der Waals surface area (Å²) in [5.41, 5.74) is 4.24. The molecule has 5 rings (SSSR count). The molecule has 2 aliphatic rings. The number of carbonyl (C=O) groups excluding carboxylic acids is 2. The minimum Gasteiger partial charge on any atom is -0.495 e. The fourth-order valence-corrected chi connectivity index (χ4v) is 5.70. The number of fused-ring (bicyclic) bond motifs is 2. The molecule has 200 valence electrons. The zero-order chi connectivity index (χ0) is 26.6. The second-order valence-electron chi connectivity index (χ2n) is 10.1. The number of anilines is 2. The molecule has 9 heteroatoms. The van der Waals surface area contributed by atoms with Crippen LogP contribution in [0.2, 0.25) is 5.02 Å². The van der Waals surface area contributed by atoms with Gasteiger partial charge >= 0.3 is 6.03 Å². The Morgan fingerprint density at radius 1 is 1.16 bits per heavy atom. The number of halogens is 1. The van der Waals surface area contributed by atoms with Gasteiger partial charge in [0.1, 0.15) is 5.75 Å². The predicted octanol–water partition coefficient (Wildman–Crippen LogP) is 5.37. The number of nitrogens with one attached hydrogen (secondary N) is 2. The predicted molar refractivity (Wildman–Crippen MR) is 151 cm³/mol. The zero-order valence-electron chi connectivity index (χ0n) is 21.9. The van der Waals surface area contributed by atoms with E-state index in [0.29, 0.717) is 36.0 Å². The van der Waals surface area contributed by atoms with Crippen molar-refractivity contribution in [3.05, 3.63) is 58.7 Å².